The van der Waals surface area contributed by atoms with Crippen LogP contribution in [0, 0.1) is 5.41 Å². The SMILES string of the molecule is CC1(C(=O)O)CCN(CC(=O)NC(c2ccccc2)c2cccc(Cl)c2)C1. The van der Waals surface area contributed by atoms with E-state index in [2.05, 4.69) is 5.32 Å². The van der Waals surface area contributed by atoms with Gasteiger partial charge in [-0.3, -0.25) is 14.5 Å². The number of carboxylic acid groups (broad SMARTS) is 1. The van der Waals surface area contributed by atoms with E-state index in [-0.39, 0.29) is 18.5 Å². The normalized spacial score (nSPS) is 21.0. The van der Waals surface area contributed by atoms with Crippen LogP contribution >= 0.6 is 11.6 Å². The van der Waals surface area contributed by atoms with Crippen LogP contribution in [-0.4, -0.2) is 41.5 Å². The van der Waals surface area contributed by atoms with E-state index >= 15 is 0 Å². The van der Waals surface area contributed by atoms with Gasteiger partial charge in [0.2, 0.25) is 5.91 Å². The van der Waals surface area contributed by atoms with Gasteiger partial charge in [-0.05, 0) is 43.1 Å². The molecule has 0 bridgehead atoms. The lowest BCUT2D eigenvalue weighted by Gasteiger charge is -2.23. The van der Waals surface area contributed by atoms with Gasteiger partial charge in [-0.25, -0.2) is 0 Å². The molecule has 27 heavy (non-hydrogen) atoms. The maximum atomic E-state index is 12.7. The number of hydrogen-bond donors (Lipinski definition) is 2. The van der Waals surface area contributed by atoms with Crippen LogP contribution in [0.1, 0.15) is 30.5 Å². The van der Waals surface area contributed by atoms with E-state index in [0.29, 0.717) is 24.5 Å². The van der Waals surface area contributed by atoms with Crippen molar-refractivity contribution < 1.29 is 14.7 Å². The molecule has 1 fully saturated rings. The van der Waals surface area contributed by atoms with Crippen molar-refractivity contribution in [2.45, 2.75) is 19.4 Å². The van der Waals surface area contributed by atoms with Crippen molar-refractivity contribution >= 4 is 23.5 Å². The Balaban J connectivity index is 1.73. The van der Waals surface area contributed by atoms with Crippen LogP contribution in [0.15, 0.2) is 54.6 Å². The van der Waals surface area contributed by atoms with Crippen LogP contribution in [0.5, 0.6) is 0 Å². The van der Waals surface area contributed by atoms with Crippen LogP contribution in [0.2, 0.25) is 5.02 Å². The highest BCUT2D eigenvalue weighted by Gasteiger charge is 2.40. The van der Waals surface area contributed by atoms with E-state index in [9.17, 15) is 14.7 Å². The van der Waals surface area contributed by atoms with Gasteiger partial charge in [-0.1, -0.05) is 54.1 Å². The third-order valence-corrected chi connectivity index (χ3v) is 5.29. The molecule has 2 N–H and O–H groups in total. The molecule has 3 rings (SSSR count). The van der Waals surface area contributed by atoms with Crippen molar-refractivity contribution in [2.24, 2.45) is 5.41 Å². The number of carboxylic acids is 1. The lowest BCUT2D eigenvalue weighted by Crippen LogP contribution is -2.40. The number of halogens is 1. The molecule has 6 heteroatoms. The first-order valence-corrected chi connectivity index (χ1v) is 9.31. The van der Waals surface area contributed by atoms with Gasteiger partial charge >= 0.3 is 5.97 Å². The predicted octanol–water partition coefficient (Wildman–Crippen LogP) is 3.34. The largest absolute Gasteiger partial charge is 0.481 e. The number of carbonyl (C=O) groups is 2. The summed E-state index contributed by atoms with van der Waals surface area (Å²) in [6.45, 7) is 2.88. The number of benzene rings is 2. The second-order valence-corrected chi connectivity index (χ2v) is 7.73. The van der Waals surface area contributed by atoms with Gasteiger partial charge < -0.3 is 10.4 Å². The fourth-order valence-corrected chi connectivity index (χ4v) is 3.67. The van der Waals surface area contributed by atoms with Crippen molar-refractivity contribution in [3.63, 3.8) is 0 Å². The molecular formula is C21H23ClN2O3. The number of rotatable bonds is 6. The third kappa shape index (κ3) is 4.67. The highest BCUT2D eigenvalue weighted by molar-refractivity contribution is 6.30. The zero-order valence-electron chi connectivity index (χ0n) is 15.2. The van der Waals surface area contributed by atoms with Gasteiger partial charge in [-0.2, -0.15) is 0 Å². The van der Waals surface area contributed by atoms with E-state index in [1.54, 1.807) is 13.0 Å². The Morgan fingerprint density at radius 2 is 1.89 bits per heavy atom. The summed E-state index contributed by atoms with van der Waals surface area (Å²) in [5.74, 6) is -0.954. The predicted molar refractivity (Wildman–Crippen MR) is 105 cm³/mol. The van der Waals surface area contributed by atoms with Gasteiger partial charge in [0.1, 0.15) is 0 Å². The highest BCUT2D eigenvalue weighted by atomic mass is 35.5. The van der Waals surface area contributed by atoms with Gasteiger partial charge in [0.05, 0.1) is 18.0 Å². The van der Waals surface area contributed by atoms with Crippen molar-refractivity contribution in [2.75, 3.05) is 19.6 Å². The Bertz CT molecular complexity index is 827. The first kappa shape index (κ1) is 19.4. The van der Waals surface area contributed by atoms with Crippen molar-refractivity contribution in [1.82, 2.24) is 10.2 Å². The fraction of sp³-hybridized carbons (Fsp3) is 0.333. The summed E-state index contributed by atoms with van der Waals surface area (Å²) in [7, 11) is 0. The summed E-state index contributed by atoms with van der Waals surface area (Å²) in [5.41, 5.74) is 1.08. The topological polar surface area (TPSA) is 69.6 Å². The monoisotopic (exact) mass is 386 g/mol. The molecule has 2 unspecified atom stereocenters. The Morgan fingerprint density at radius 1 is 1.19 bits per heavy atom. The molecule has 0 aliphatic carbocycles. The zero-order valence-corrected chi connectivity index (χ0v) is 15.9. The average molecular weight is 387 g/mol. The molecule has 2 atom stereocenters. The standard InChI is InChI=1S/C21H23ClN2O3/c1-21(20(26)27)10-11-24(14-21)13-18(25)23-19(15-6-3-2-4-7-15)16-8-5-9-17(22)12-16/h2-9,12,19H,10-11,13-14H2,1H3,(H,23,25)(H,26,27). The van der Waals surface area contributed by atoms with E-state index < -0.39 is 11.4 Å². The Morgan fingerprint density at radius 3 is 2.52 bits per heavy atom. The summed E-state index contributed by atoms with van der Waals surface area (Å²) in [4.78, 5) is 26.0. The number of nitrogens with one attached hydrogen (secondary N) is 1. The molecule has 1 aliphatic rings. The van der Waals surface area contributed by atoms with E-state index in [4.69, 9.17) is 11.6 Å². The molecule has 0 spiro atoms. The van der Waals surface area contributed by atoms with Gasteiger partial charge in [0.15, 0.2) is 0 Å². The number of nitrogens with zero attached hydrogens (tertiary/aromatic N) is 1. The molecular weight excluding hydrogens is 364 g/mol. The molecule has 0 aromatic heterocycles. The summed E-state index contributed by atoms with van der Waals surface area (Å²) in [5, 5.41) is 13.0. The third-order valence-electron chi connectivity index (χ3n) is 5.06. The van der Waals surface area contributed by atoms with Gasteiger partial charge in [0, 0.05) is 11.6 Å². The molecule has 142 valence electrons. The van der Waals surface area contributed by atoms with Gasteiger partial charge in [-0.15, -0.1) is 0 Å². The Hall–Kier alpha value is -2.37. The number of hydrogen-bond acceptors (Lipinski definition) is 3. The molecule has 1 aliphatic heterocycles. The Kier molecular flexibility index (Phi) is 5.82. The molecule has 0 radical (unpaired) electrons. The second kappa shape index (κ2) is 8.11. The van der Waals surface area contributed by atoms with Crippen molar-refractivity contribution in [1.29, 1.82) is 0 Å². The summed E-state index contributed by atoms with van der Waals surface area (Å²) in [6, 6.07) is 16.8. The molecule has 1 amide bonds. The zero-order chi connectivity index (χ0) is 19.4. The van der Waals surface area contributed by atoms with Crippen LogP contribution in [0.4, 0.5) is 0 Å². The maximum Gasteiger partial charge on any atom is 0.310 e. The minimum atomic E-state index is -0.813. The van der Waals surface area contributed by atoms with Crippen LogP contribution < -0.4 is 5.32 Å². The quantitative estimate of drug-likeness (QED) is 0.798. The lowest BCUT2D eigenvalue weighted by molar-refractivity contribution is -0.147. The first-order valence-electron chi connectivity index (χ1n) is 8.93. The fourth-order valence-electron chi connectivity index (χ4n) is 3.47. The minimum Gasteiger partial charge on any atom is -0.481 e. The lowest BCUT2D eigenvalue weighted by atomic mass is 9.90. The minimum absolute atomic E-state index is 0.140. The second-order valence-electron chi connectivity index (χ2n) is 7.29. The smallest absolute Gasteiger partial charge is 0.310 e. The molecule has 5 nitrogen and oxygen atoms in total. The first-order chi connectivity index (χ1) is 12.9. The number of likely N-dealkylation sites (tertiary alicyclic amines) is 1. The van der Waals surface area contributed by atoms with Crippen molar-refractivity contribution in [3.05, 3.63) is 70.7 Å². The van der Waals surface area contributed by atoms with E-state index in [1.807, 2.05) is 53.4 Å². The van der Waals surface area contributed by atoms with E-state index in [1.165, 1.54) is 0 Å². The average Bonchev–Trinajstić information content (AvgIpc) is 3.02. The molecule has 2 aromatic rings. The summed E-state index contributed by atoms with van der Waals surface area (Å²) in [6.07, 6.45) is 0.548. The van der Waals surface area contributed by atoms with Gasteiger partial charge in [0.25, 0.3) is 0 Å². The molecule has 0 saturated carbocycles. The maximum absolute atomic E-state index is 12.7. The van der Waals surface area contributed by atoms with Crippen LogP contribution in [0.3, 0.4) is 0 Å². The molecule has 2 aromatic carbocycles. The molecule has 1 saturated heterocycles. The van der Waals surface area contributed by atoms with Crippen molar-refractivity contribution in [3.8, 4) is 0 Å². The molecule has 1 heterocycles. The number of aliphatic carboxylic acids is 1. The summed E-state index contributed by atoms with van der Waals surface area (Å²) < 4.78 is 0. The van der Waals surface area contributed by atoms with Crippen LogP contribution in [-0.2, 0) is 9.59 Å². The van der Waals surface area contributed by atoms with Crippen LogP contribution in [0.25, 0.3) is 0 Å². The number of carbonyl (C=O) groups excluding carboxylic acids is 1. The highest BCUT2D eigenvalue weighted by Crippen LogP contribution is 2.30. The summed E-state index contributed by atoms with van der Waals surface area (Å²) >= 11 is 6.13. The number of amides is 1. The Labute approximate surface area is 163 Å². The van der Waals surface area contributed by atoms with E-state index in [0.717, 1.165) is 11.1 Å².